The molecule has 2 aromatic rings. The molecule has 88 valence electrons. The van der Waals surface area contributed by atoms with E-state index in [0.29, 0.717) is 5.69 Å². The number of carbonyl (C=O) groups is 1. The fourth-order valence-electron chi connectivity index (χ4n) is 1.52. The number of halogens is 1. The van der Waals surface area contributed by atoms with Gasteiger partial charge in [-0.15, -0.1) is 0 Å². The molecule has 1 aromatic heterocycles. The molecule has 0 spiro atoms. The SMILES string of the molecule is CC(NC(=O)c1[nH]ncc1I)c1ccccc1. The summed E-state index contributed by atoms with van der Waals surface area (Å²) in [6.45, 7) is 1.95. The molecule has 1 unspecified atom stereocenters. The number of benzene rings is 1. The van der Waals surface area contributed by atoms with Crippen LogP contribution in [-0.2, 0) is 0 Å². The van der Waals surface area contributed by atoms with Crippen molar-refractivity contribution in [1.29, 1.82) is 0 Å². The van der Waals surface area contributed by atoms with Crippen LogP contribution in [0.25, 0.3) is 0 Å². The van der Waals surface area contributed by atoms with E-state index >= 15 is 0 Å². The number of hydrogen-bond acceptors (Lipinski definition) is 2. The Kier molecular flexibility index (Phi) is 3.78. The minimum atomic E-state index is -0.136. The summed E-state index contributed by atoms with van der Waals surface area (Å²) in [4.78, 5) is 11.9. The van der Waals surface area contributed by atoms with E-state index in [4.69, 9.17) is 0 Å². The van der Waals surface area contributed by atoms with Gasteiger partial charge >= 0.3 is 0 Å². The molecule has 1 aromatic carbocycles. The standard InChI is InChI=1S/C12H12IN3O/c1-8(9-5-3-2-4-6-9)15-12(17)11-10(13)7-14-16-11/h2-8H,1H3,(H,14,16)(H,15,17). The van der Waals surface area contributed by atoms with Crippen molar-refractivity contribution in [3.8, 4) is 0 Å². The number of aromatic amines is 1. The van der Waals surface area contributed by atoms with Gasteiger partial charge < -0.3 is 5.32 Å². The van der Waals surface area contributed by atoms with E-state index in [-0.39, 0.29) is 11.9 Å². The van der Waals surface area contributed by atoms with Crippen molar-refractivity contribution in [3.05, 3.63) is 51.4 Å². The highest BCUT2D eigenvalue weighted by molar-refractivity contribution is 14.1. The summed E-state index contributed by atoms with van der Waals surface area (Å²) < 4.78 is 0.820. The summed E-state index contributed by atoms with van der Waals surface area (Å²) in [5.74, 6) is -0.136. The van der Waals surface area contributed by atoms with Gasteiger partial charge in [-0.3, -0.25) is 9.89 Å². The molecular weight excluding hydrogens is 329 g/mol. The van der Waals surface area contributed by atoms with Crippen LogP contribution in [0.4, 0.5) is 0 Å². The third-order valence-corrected chi connectivity index (χ3v) is 3.29. The summed E-state index contributed by atoms with van der Waals surface area (Å²) in [7, 11) is 0. The lowest BCUT2D eigenvalue weighted by atomic mass is 10.1. The van der Waals surface area contributed by atoms with E-state index in [0.717, 1.165) is 9.13 Å². The number of H-pyrrole nitrogens is 1. The second kappa shape index (κ2) is 5.31. The summed E-state index contributed by atoms with van der Waals surface area (Å²) in [5, 5.41) is 9.45. The zero-order valence-electron chi connectivity index (χ0n) is 9.27. The lowest BCUT2D eigenvalue weighted by Gasteiger charge is -2.13. The molecule has 1 heterocycles. The van der Waals surface area contributed by atoms with Crippen LogP contribution < -0.4 is 5.32 Å². The molecule has 2 rings (SSSR count). The maximum Gasteiger partial charge on any atom is 0.270 e. The molecule has 0 saturated carbocycles. The first kappa shape index (κ1) is 12.1. The van der Waals surface area contributed by atoms with Crippen LogP contribution in [0.2, 0.25) is 0 Å². The van der Waals surface area contributed by atoms with Crippen LogP contribution in [0.5, 0.6) is 0 Å². The van der Waals surface area contributed by atoms with E-state index < -0.39 is 0 Å². The molecule has 0 radical (unpaired) electrons. The Morgan fingerprint density at radius 2 is 2.12 bits per heavy atom. The molecule has 0 aliphatic rings. The van der Waals surface area contributed by atoms with Crippen LogP contribution in [0.15, 0.2) is 36.5 Å². The van der Waals surface area contributed by atoms with Crippen molar-refractivity contribution >= 4 is 28.5 Å². The molecular formula is C12H12IN3O. The molecule has 0 fully saturated rings. The van der Waals surface area contributed by atoms with Crippen LogP contribution in [0.3, 0.4) is 0 Å². The van der Waals surface area contributed by atoms with Crippen molar-refractivity contribution in [2.45, 2.75) is 13.0 Å². The van der Waals surface area contributed by atoms with Crippen molar-refractivity contribution in [2.24, 2.45) is 0 Å². The van der Waals surface area contributed by atoms with E-state index in [1.54, 1.807) is 6.20 Å². The highest BCUT2D eigenvalue weighted by Crippen LogP contribution is 2.13. The van der Waals surface area contributed by atoms with Crippen molar-refractivity contribution in [3.63, 3.8) is 0 Å². The van der Waals surface area contributed by atoms with Gasteiger partial charge in [-0.25, -0.2) is 0 Å². The zero-order valence-corrected chi connectivity index (χ0v) is 11.4. The number of nitrogens with one attached hydrogen (secondary N) is 2. The maximum absolute atomic E-state index is 11.9. The molecule has 0 aliphatic carbocycles. The van der Waals surface area contributed by atoms with Crippen molar-refractivity contribution in [1.82, 2.24) is 15.5 Å². The van der Waals surface area contributed by atoms with E-state index in [2.05, 4.69) is 38.1 Å². The first-order valence-corrected chi connectivity index (χ1v) is 6.31. The molecule has 4 nitrogen and oxygen atoms in total. The quantitative estimate of drug-likeness (QED) is 0.843. The Morgan fingerprint density at radius 3 is 2.71 bits per heavy atom. The van der Waals surface area contributed by atoms with Gasteiger partial charge in [-0.2, -0.15) is 5.10 Å². The summed E-state index contributed by atoms with van der Waals surface area (Å²) in [5.41, 5.74) is 1.59. The van der Waals surface area contributed by atoms with Crippen molar-refractivity contribution < 1.29 is 4.79 Å². The molecule has 1 atom stereocenters. The van der Waals surface area contributed by atoms with Crippen molar-refractivity contribution in [2.75, 3.05) is 0 Å². The average Bonchev–Trinajstić information content (AvgIpc) is 2.76. The second-order valence-electron chi connectivity index (χ2n) is 3.70. The number of aromatic nitrogens is 2. The van der Waals surface area contributed by atoms with Crippen LogP contribution in [0.1, 0.15) is 29.0 Å². The van der Waals surface area contributed by atoms with Gasteiger partial charge in [0.1, 0.15) is 5.69 Å². The topological polar surface area (TPSA) is 57.8 Å². The lowest BCUT2D eigenvalue weighted by Crippen LogP contribution is -2.27. The molecule has 2 N–H and O–H groups in total. The second-order valence-corrected chi connectivity index (χ2v) is 4.86. The van der Waals surface area contributed by atoms with E-state index in [1.807, 2.05) is 37.3 Å². The largest absolute Gasteiger partial charge is 0.344 e. The van der Waals surface area contributed by atoms with Gasteiger partial charge in [0.2, 0.25) is 0 Å². The summed E-state index contributed by atoms with van der Waals surface area (Å²) in [6, 6.07) is 9.82. The smallest absolute Gasteiger partial charge is 0.270 e. The van der Waals surface area contributed by atoms with Gasteiger partial charge in [0.25, 0.3) is 5.91 Å². The average molecular weight is 341 g/mol. The Morgan fingerprint density at radius 1 is 1.41 bits per heavy atom. The first-order chi connectivity index (χ1) is 8.18. The summed E-state index contributed by atoms with van der Waals surface area (Å²) >= 11 is 2.08. The number of nitrogens with zero attached hydrogens (tertiary/aromatic N) is 1. The Hall–Kier alpha value is -1.37. The van der Waals surface area contributed by atoms with Gasteiger partial charge in [-0.1, -0.05) is 30.3 Å². The van der Waals surface area contributed by atoms with Crippen LogP contribution in [-0.4, -0.2) is 16.1 Å². The molecule has 1 amide bonds. The molecule has 0 bridgehead atoms. The summed E-state index contributed by atoms with van der Waals surface area (Å²) in [6.07, 6.45) is 1.63. The predicted octanol–water partition coefficient (Wildman–Crippen LogP) is 2.51. The molecule has 0 saturated heterocycles. The third kappa shape index (κ3) is 2.85. The predicted molar refractivity (Wildman–Crippen MR) is 73.6 cm³/mol. The van der Waals surface area contributed by atoms with E-state index in [9.17, 15) is 4.79 Å². The Labute approximate surface area is 113 Å². The molecule has 17 heavy (non-hydrogen) atoms. The fraction of sp³-hybridized carbons (Fsp3) is 0.167. The van der Waals surface area contributed by atoms with Gasteiger partial charge in [-0.05, 0) is 35.1 Å². The fourth-order valence-corrected chi connectivity index (χ4v) is 2.03. The number of carbonyl (C=O) groups excluding carboxylic acids is 1. The van der Waals surface area contributed by atoms with Gasteiger partial charge in [0, 0.05) is 0 Å². The maximum atomic E-state index is 11.9. The number of rotatable bonds is 3. The van der Waals surface area contributed by atoms with E-state index in [1.165, 1.54) is 0 Å². The Bertz CT molecular complexity index is 509. The van der Waals surface area contributed by atoms with Gasteiger partial charge in [0.15, 0.2) is 0 Å². The van der Waals surface area contributed by atoms with Crippen LogP contribution in [0, 0.1) is 3.57 Å². The third-order valence-electron chi connectivity index (χ3n) is 2.47. The minimum absolute atomic E-state index is 0.0252. The normalized spacial score (nSPS) is 12.1. The molecule has 0 aliphatic heterocycles. The first-order valence-electron chi connectivity index (χ1n) is 5.23. The minimum Gasteiger partial charge on any atom is -0.344 e. The Balaban J connectivity index is 2.08. The highest BCUT2D eigenvalue weighted by Gasteiger charge is 2.15. The molecule has 5 heteroatoms. The zero-order chi connectivity index (χ0) is 12.3. The number of amides is 1. The highest BCUT2D eigenvalue weighted by atomic mass is 127. The van der Waals surface area contributed by atoms with Gasteiger partial charge in [0.05, 0.1) is 15.8 Å². The monoisotopic (exact) mass is 341 g/mol. The lowest BCUT2D eigenvalue weighted by molar-refractivity contribution is 0.0934. The number of hydrogen-bond donors (Lipinski definition) is 2. The van der Waals surface area contributed by atoms with Crippen LogP contribution >= 0.6 is 22.6 Å².